The molecule has 0 heterocycles. The summed E-state index contributed by atoms with van der Waals surface area (Å²) in [6.07, 6.45) is 0.742. The number of aryl methyl sites for hydroxylation is 2. The number of hydrogen-bond donors (Lipinski definition) is 1. The second-order valence-electron chi connectivity index (χ2n) is 8.98. The zero-order valence-electron chi connectivity index (χ0n) is 21.0. The van der Waals surface area contributed by atoms with E-state index in [1.54, 1.807) is 25.2 Å². The lowest BCUT2D eigenvalue weighted by atomic mass is 9.99. The van der Waals surface area contributed by atoms with Gasteiger partial charge in [-0.2, -0.15) is 0 Å². The van der Waals surface area contributed by atoms with Crippen LogP contribution in [0.15, 0.2) is 48.5 Å². The topological polar surface area (TPSA) is 52.7 Å². The summed E-state index contributed by atoms with van der Waals surface area (Å²) >= 11 is 0. The van der Waals surface area contributed by atoms with Crippen molar-refractivity contribution in [2.45, 2.75) is 39.9 Å². The Morgan fingerprint density at radius 3 is 2.17 bits per heavy atom. The van der Waals surface area contributed by atoms with Crippen molar-refractivity contribution in [2.75, 3.05) is 19.0 Å². The molecule has 0 aliphatic carbocycles. The quantitative estimate of drug-likeness (QED) is 0.401. The normalized spacial score (nSPS) is 11.7. The minimum atomic E-state index is -1.07. The smallest absolute Gasteiger partial charge is 0.251 e. The van der Waals surface area contributed by atoms with Gasteiger partial charge >= 0.3 is 0 Å². The highest BCUT2D eigenvalue weighted by Gasteiger charge is 2.20. The summed E-state index contributed by atoms with van der Waals surface area (Å²) < 4.78 is 41.2. The number of carbonyl (C=O) groups excluding carboxylic acids is 2. The molecule has 0 aliphatic heterocycles. The number of benzene rings is 3. The van der Waals surface area contributed by atoms with Crippen LogP contribution in [0.2, 0.25) is 0 Å². The van der Waals surface area contributed by atoms with Crippen molar-refractivity contribution < 1.29 is 22.8 Å². The zero-order chi connectivity index (χ0) is 26.6. The molecule has 2 amide bonds. The van der Waals surface area contributed by atoms with Gasteiger partial charge in [0.25, 0.3) is 5.91 Å². The molecule has 3 aromatic rings. The largest absolute Gasteiger partial charge is 0.370 e. The molecular weight excluding hydrogens is 467 g/mol. The summed E-state index contributed by atoms with van der Waals surface area (Å²) in [4.78, 5) is 27.9. The zero-order valence-corrected chi connectivity index (χ0v) is 21.0. The molecule has 0 aromatic heterocycles. The first-order valence-corrected chi connectivity index (χ1v) is 11.5. The van der Waals surface area contributed by atoms with Gasteiger partial charge in [-0.1, -0.05) is 24.3 Å². The summed E-state index contributed by atoms with van der Waals surface area (Å²) in [7, 11) is 3.59. The Hall–Kier alpha value is -3.81. The van der Waals surface area contributed by atoms with Crippen LogP contribution in [-0.2, 0) is 17.9 Å². The van der Waals surface area contributed by atoms with Gasteiger partial charge in [0, 0.05) is 56.1 Å². The average molecular weight is 498 g/mol. The maximum atomic E-state index is 14.0. The number of nitrogens with one attached hydrogen (secondary N) is 1. The summed E-state index contributed by atoms with van der Waals surface area (Å²) in [5, 5.41) is 2.51. The van der Waals surface area contributed by atoms with E-state index in [1.807, 2.05) is 50.9 Å². The first-order chi connectivity index (χ1) is 17.0. The highest BCUT2D eigenvalue weighted by molar-refractivity contribution is 5.95. The molecule has 0 saturated carbocycles. The standard InChI is InChI=1S/C28H30F3N3O2/c1-17-7-6-8-18(2)24(17)15-33(4)27-11-20(9-10-22(27)19(3)34(5)16-35)28(36)32-14-23-25(30)12-21(29)13-26(23)31/h6-13,16,19H,14-15H2,1-5H3,(H,32,36). The lowest BCUT2D eigenvalue weighted by molar-refractivity contribution is -0.118. The molecule has 3 aromatic carbocycles. The predicted molar refractivity (Wildman–Crippen MR) is 134 cm³/mol. The number of hydrogen-bond acceptors (Lipinski definition) is 3. The molecule has 1 N–H and O–H groups in total. The lowest BCUT2D eigenvalue weighted by Gasteiger charge is -2.29. The fourth-order valence-corrected chi connectivity index (χ4v) is 4.11. The molecule has 0 fully saturated rings. The monoisotopic (exact) mass is 497 g/mol. The van der Waals surface area contributed by atoms with Crippen LogP contribution in [0.4, 0.5) is 18.9 Å². The van der Waals surface area contributed by atoms with E-state index in [0.717, 1.165) is 34.4 Å². The van der Waals surface area contributed by atoms with Gasteiger partial charge in [0.2, 0.25) is 6.41 Å². The SMILES string of the molecule is Cc1cccc(C)c1CN(C)c1cc(C(=O)NCc2c(F)cc(F)cc2F)ccc1C(C)N(C)C=O. The molecule has 1 unspecified atom stereocenters. The molecule has 1 atom stereocenters. The molecule has 0 bridgehead atoms. The van der Waals surface area contributed by atoms with Gasteiger partial charge in [0.15, 0.2) is 0 Å². The van der Waals surface area contributed by atoms with Crippen LogP contribution < -0.4 is 10.2 Å². The number of halogens is 3. The van der Waals surface area contributed by atoms with Crippen molar-refractivity contribution in [2.24, 2.45) is 0 Å². The van der Waals surface area contributed by atoms with Crippen molar-refractivity contribution in [1.29, 1.82) is 0 Å². The average Bonchev–Trinajstić information content (AvgIpc) is 2.84. The third-order valence-electron chi connectivity index (χ3n) is 6.50. The van der Waals surface area contributed by atoms with E-state index < -0.39 is 35.5 Å². The van der Waals surface area contributed by atoms with Gasteiger partial charge in [-0.3, -0.25) is 9.59 Å². The summed E-state index contributed by atoms with van der Waals surface area (Å²) in [6, 6.07) is 12.0. The first-order valence-electron chi connectivity index (χ1n) is 11.5. The molecule has 190 valence electrons. The molecule has 3 rings (SSSR count). The van der Waals surface area contributed by atoms with E-state index >= 15 is 0 Å². The van der Waals surface area contributed by atoms with Crippen LogP contribution in [0.5, 0.6) is 0 Å². The fraction of sp³-hybridized carbons (Fsp3) is 0.286. The van der Waals surface area contributed by atoms with Gasteiger partial charge in [-0.15, -0.1) is 0 Å². The minimum Gasteiger partial charge on any atom is -0.370 e. The summed E-state index contributed by atoms with van der Waals surface area (Å²) in [6.45, 7) is 6.10. The number of anilines is 1. The lowest BCUT2D eigenvalue weighted by Crippen LogP contribution is -2.27. The third-order valence-corrected chi connectivity index (χ3v) is 6.50. The van der Waals surface area contributed by atoms with Crippen molar-refractivity contribution >= 4 is 18.0 Å². The first kappa shape index (κ1) is 26.8. The van der Waals surface area contributed by atoms with E-state index in [1.165, 1.54) is 4.90 Å². The number of carbonyl (C=O) groups is 2. The Morgan fingerprint density at radius 1 is 0.972 bits per heavy atom. The second kappa shape index (κ2) is 11.3. The second-order valence-corrected chi connectivity index (χ2v) is 8.98. The Bertz CT molecular complexity index is 1240. The van der Waals surface area contributed by atoms with Gasteiger partial charge < -0.3 is 15.1 Å². The highest BCUT2D eigenvalue weighted by Crippen LogP contribution is 2.31. The van der Waals surface area contributed by atoms with E-state index in [2.05, 4.69) is 5.32 Å². The molecule has 0 radical (unpaired) electrons. The van der Waals surface area contributed by atoms with Crippen LogP contribution in [-0.4, -0.2) is 31.3 Å². The Balaban J connectivity index is 1.93. The van der Waals surface area contributed by atoms with Crippen molar-refractivity contribution in [1.82, 2.24) is 10.2 Å². The maximum absolute atomic E-state index is 14.0. The van der Waals surface area contributed by atoms with Crippen molar-refractivity contribution in [3.05, 3.63) is 99.4 Å². The fourth-order valence-electron chi connectivity index (χ4n) is 4.11. The maximum Gasteiger partial charge on any atom is 0.251 e. The minimum absolute atomic E-state index is 0.266. The van der Waals surface area contributed by atoms with Crippen LogP contribution in [0.1, 0.15) is 51.1 Å². The summed E-state index contributed by atoms with van der Waals surface area (Å²) in [5.41, 5.74) is 4.87. The highest BCUT2D eigenvalue weighted by atomic mass is 19.1. The van der Waals surface area contributed by atoms with Crippen LogP contribution in [0, 0.1) is 31.3 Å². The molecule has 0 saturated heterocycles. The van der Waals surface area contributed by atoms with Crippen LogP contribution in [0.25, 0.3) is 0 Å². The Morgan fingerprint density at radius 2 is 1.58 bits per heavy atom. The molecule has 36 heavy (non-hydrogen) atoms. The Kier molecular flexibility index (Phi) is 8.40. The van der Waals surface area contributed by atoms with Gasteiger partial charge in [-0.25, -0.2) is 13.2 Å². The Labute approximate surface area is 209 Å². The number of rotatable bonds is 9. The molecule has 0 spiro atoms. The molecule has 5 nitrogen and oxygen atoms in total. The van der Waals surface area contributed by atoms with Crippen molar-refractivity contribution in [3.8, 4) is 0 Å². The molecule has 0 aliphatic rings. The number of amides is 2. The number of nitrogens with zero attached hydrogens (tertiary/aromatic N) is 2. The van der Waals surface area contributed by atoms with Gasteiger partial charge in [-0.05, 0) is 55.2 Å². The molecular formula is C28H30F3N3O2. The van der Waals surface area contributed by atoms with E-state index in [9.17, 15) is 22.8 Å². The van der Waals surface area contributed by atoms with E-state index in [4.69, 9.17) is 0 Å². The molecule has 8 heteroatoms. The predicted octanol–water partition coefficient (Wildman–Crippen LogP) is 5.44. The van der Waals surface area contributed by atoms with Crippen LogP contribution >= 0.6 is 0 Å². The third kappa shape index (κ3) is 5.87. The van der Waals surface area contributed by atoms with Gasteiger partial charge in [0.1, 0.15) is 17.5 Å². The van der Waals surface area contributed by atoms with E-state index in [0.29, 0.717) is 18.7 Å². The van der Waals surface area contributed by atoms with Crippen LogP contribution in [0.3, 0.4) is 0 Å². The van der Waals surface area contributed by atoms with Crippen molar-refractivity contribution in [3.63, 3.8) is 0 Å². The van der Waals surface area contributed by atoms with E-state index in [-0.39, 0.29) is 11.6 Å². The van der Waals surface area contributed by atoms with Gasteiger partial charge in [0.05, 0.1) is 6.04 Å². The summed E-state index contributed by atoms with van der Waals surface area (Å²) in [5.74, 6) is -3.70.